The molecule has 0 aromatic heterocycles. The predicted octanol–water partition coefficient (Wildman–Crippen LogP) is 2.96. The maximum atomic E-state index is 13.8. The second-order valence-electron chi connectivity index (χ2n) is 6.06. The van der Waals surface area contributed by atoms with Crippen LogP contribution in [0.15, 0.2) is 23.2 Å². The van der Waals surface area contributed by atoms with Crippen molar-refractivity contribution in [2.75, 3.05) is 33.2 Å². The summed E-state index contributed by atoms with van der Waals surface area (Å²) in [5.41, 5.74) is 0.683. The number of aliphatic imine (C=N–C) groups is 1. The number of nitrogens with one attached hydrogen (secondary N) is 1. The van der Waals surface area contributed by atoms with Gasteiger partial charge >= 0.3 is 6.18 Å². The lowest BCUT2D eigenvalue weighted by molar-refractivity contribution is -0.181. The number of nitriles is 1. The third-order valence-electron chi connectivity index (χ3n) is 4.46. The highest BCUT2D eigenvalue weighted by atomic mass is 127. The highest BCUT2D eigenvalue weighted by Crippen LogP contribution is 2.25. The van der Waals surface area contributed by atoms with Crippen molar-refractivity contribution in [1.29, 1.82) is 5.26 Å². The van der Waals surface area contributed by atoms with Crippen molar-refractivity contribution >= 4 is 29.9 Å². The summed E-state index contributed by atoms with van der Waals surface area (Å²) >= 11 is 0. The van der Waals surface area contributed by atoms with Crippen LogP contribution in [0.5, 0.6) is 0 Å². The lowest BCUT2D eigenvalue weighted by atomic mass is 10.1. The number of hydrogen-bond donors (Lipinski definition) is 1. The van der Waals surface area contributed by atoms with Crippen molar-refractivity contribution in [3.05, 3.63) is 35.1 Å². The van der Waals surface area contributed by atoms with E-state index in [1.165, 1.54) is 23.1 Å². The first-order chi connectivity index (χ1) is 12.3. The molecule has 0 saturated carbocycles. The van der Waals surface area contributed by atoms with Crippen LogP contribution >= 0.6 is 24.0 Å². The van der Waals surface area contributed by atoms with E-state index >= 15 is 0 Å². The average molecular weight is 499 g/mol. The van der Waals surface area contributed by atoms with E-state index in [0.29, 0.717) is 30.2 Å². The van der Waals surface area contributed by atoms with Gasteiger partial charge in [0, 0.05) is 45.3 Å². The normalized spacial score (nSPS) is 17.1. The van der Waals surface area contributed by atoms with Gasteiger partial charge in [-0.2, -0.15) is 18.4 Å². The van der Waals surface area contributed by atoms with Crippen LogP contribution < -0.4 is 5.32 Å². The summed E-state index contributed by atoms with van der Waals surface area (Å²) in [6.07, 6.45) is -4.24. The highest BCUT2D eigenvalue weighted by Gasteiger charge is 2.41. The minimum absolute atomic E-state index is 0. The molecule has 150 valence electrons. The van der Waals surface area contributed by atoms with Gasteiger partial charge in [-0.05, 0) is 25.1 Å². The molecule has 1 atom stereocenters. The van der Waals surface area contributed by atoms with E-state index in [0.717, 1.165) is 6.92 Å². The monoisotopic (exact) mass is 499 g/mol. The summed E-state index contributed by atoms with van der Waals surface area (Å²) < 4.78 is 52.3. The standard InChI is InChI=1S/C17H21F4N5.HI/c1-12(17(19,20)21)25-5-7-26(8-6-25)16(23-2)24-11-14-9-13(10-22)3-4-15(14)18;/h3-4,9,12H,5-8,11H2,1-2H3,(H,23,24);1H. The zero-order chi connectivity index (χ0) is 19.3. The van der Waals surface area contributed by atoms with Gasteiger partial charge < -0.3 is 10.2 Å². The first-order valence-corrected chi connectivity index (χ1v) is 8.21. The average Bonchev–Trinajstić information content (AvgIpc) is 2.62. The van der Waals surface area contributed by atoms with Crippen molar-refractivity contribution in [2.24, 2.45) is 4.99 Å². The molecule has 1 aliphatic heterocycles. The first-order valence-electron chi connectivity index (χ1n) is 8.21. The van der Waals surface area contributed by atoms with Crippen LogP contribution in [-0.4, -0.2) is 61.2 Å². The summed E-state index contributed by atoms with van der Waals surface area (Å²) in [5, 5.41) is 11.9. The molecule has 1 saturated heterocycles. The van der Waals surface area contributed by atoms with Crippen LogP contribution in [0, 0.1) is 17.1 Å². The van der Waals surface area contributed by atoms with Crippen LogP contribution in [0.4, 0.5) is 17.6 Å². The molecule has 1 aromatic carbocycles. The molecule has 1 heterocycles. The zero-order valence-electron chi connectivity index (χ0n) is 15.1. The Kier molecular flexibility index (Phi) is 8.74. The lowest BCUT2D eigenvalue weighted by Crippen LogP contribution is -2.56. The van der Waals surface area contributed by atoms with E-state index in [9.17, 15) is 17.6 Å². The quantitative estimate of drug-likeness (QED) is 0.301. The number of hydrogen-bond acceptors (Lipinski definition) is 3. The molecule has 0 amide bonds. The minimum atomic E-state index is -4.24. The van der Waals surface area contributed by atoms with E-state index in [2.05, 4.69) is 10.3 Å². The Bertz CT molecular complexity index is 694. The fourth-order valence-electron chi connectivity index (χ4n) is 2.81. The van der Waals surface area contributed by atoms with Gasteiger partial charge in [0.25, 0.3) is 0 Å². The first kappa shape index (κ1) is 23.4. The van der Waals surface area contributed by atoms with Crippen molar-refractivity contribution in [3.63, 3.8) is 0 Å². The predicted molar refractivity (Wildman–Crippen MR) is 105 cm³/mol. The molecule has 1 aromatic rings. The van der Waals surface area contributed by atoms with Crippen LogP contribution in [-0.2, 0) is 6.54 Å². The molecule has 2 rings (SSSR count). The van der Waals surface area contributed by atoms with E-state index < -0.39 is 18.0 Å². The fraction of sp³-hybridized carbons (Fsp3) is 0.529. The number of alkyl halides is 3. The molecule has 27 heavy (non-hydrogen) atoms. The van der Waals surface area contributed by atoms with Gasteiger partial charge in [0.15, 0.2) is 5.96 Å². The molecular weight excluding hydrogens is 477 g/mol. The second-order valence-corrected chi connectivity index (χ2v) is 6.06. The Morgan fingerprint density at radius 1 is 1.30 bits per heavy atom. The number of rotatable bonds is 3. The van der Waals surface area contributed by atoms with E-state index in [1.54, 1.807) is 7.05 Å². The Labute approximate surface area is 173 Å². The molecule has 1 unspecified atom stereocenters. The van der Waals surface area contributed by atoms with Gasteiger partial charge in [-0.15, -0.1) is 24.0 Å². The molecule has 1 fully saturated rings. The Morgan fingerprint density at radius 3 is 2.44 bits per heavy atom. The number of halogens is 5. The highest BCUT2D eigenvalue weighted by molar-refractivity contribution is 14.0. The van der Waals surface area contributed by atoms with Crippen molar-refractivity contribution in [3.8, 4) is 6.07 Å². The zero-order valence-corrected chi connectivity index (χ0v) is 17.4. The number of piperazine rings is 1. The molecule has 10 heteroatoms. The number of guanidine groups is 1. The molecule has 0 bridgehead atoms. The molecule has 0 spiro atoms. The van der Waals surface area contributed by atoms with Gasteiger partial charge in [-0.25, -0.2) is 4.39 Å². The van der Waals surface area contributed by atoms with Crippen molar-refractivity contribution in [1.82, 2.24) is 15.1 Å². The number of benzene rings is 1. The molecule has 0 aliphatic carbocycles. The Hall–Kier alpha value is -1.61. The lowest BCUT2D eigenvalue weighted by Gasteiger charge is -2.39. The van der Waals surface area contributed by atoms with Crippen molar-refractivity contribution in [2.45, 2.75) is 25.7 Å². The van der Waals surface area contributed by atoms with Gasteiger partial charge in [0.05, 0.1) is 11.6 Å². The van der Waals surface area contributed by atoms with Crippen molar-refractivity contribution < 1.29 is 17.6 Å². The second kappa shape index (κ2) is 10.1. The SMILES string of the molecule is CN=C(NCc1cc(C#N)ccc1F)N1CCN(C(C)C(F)(F)F)CC1.I. The molecule has 1 N–H and O–H groups in total. The smallest absolute Gasteiger partial charge is 0.352 e. The van der Waals surface area contributed by atoms with E-state index in [1.807, 2.05) is 11.0 Å². The van der Waals surface area contributed by atoms with E-state index in [-0.39, 0.29) is 43.6 Å². The maximum Gasteiger partial charge on any atom is 0.403 e. The largest absolute Gasteiger partial charge is 0.403 e. The molecule has 0 radical (unpaired) electrons. The van der Waals surface area contributed by atoms with Gasteiger partial charge in [-0.3, -0.25) is 9.89 Å². The topological polar surface area (TPSA) is 54.7 Å². The van der Waals surface area contributed by atoms with Crippen LogP contribution in [0.25, 0.3) is 0 Å². The molecule has 5 nitrogen and oxygen atoms in total. The van der Waals surface area contributed by atoms with Crippen LogP contribution in [0.3, 0.4) is 0 Å². The van der Waals surface area contributed by atoms with Gasteiger partial charge in [0.1, 0.15) is 11.9 Å². The van der Waals surface area contributed by atoms with Crippen LogP contribution in [0.2, 0.25) is 0 Å². The van der Waals surface area contributed by atoms with Crippen LogP contribution in [0.1, 0.15) is 18.1 Å². The van der Waals surface area contributed by atoms with Gasteiger partial charge in [0.2, 0.25) is 0 Å². The van der Waals surface area contributed by atoms with E-state index in [4.69, 9.17) is 5.26 Å². The summed E-state index contributed by atoms with van der Waals surface area (Å²) in [6.45, 7) is 2.60. The summed E-state index contributed by atoms with van der Waals surface area (Å²) in [7, 11) is 1.56. The Balaban J connectivity index is 0.00000364. The minimum Gasteiger partial charge on any atom is -0.352 e. The summed E-state index contributed by atoms with van der Waals surface area (Å²) in [4.78, 5) is 7.35. The third kappa shape index (κ3) is 6.21. The fourth-order valence-corrected chi connectivity index (χ4v) is 2.81. The number of nitrogens with zero attached hydrogens (tertiary/aromatic N) is 4. The summed E-state index contributed by atoms with van der Waals surface area (Å²) in [6, 6.07) is 4.56. The Morgan fingerprint density at radius 2 is 1.93 bits per heavy atom. The van der Waals surface area contributed by atoms with Gasteiger partial charge in [-0.1, -0.05) is 0 Å². The third-order valence-corrected chi connectivity index (χ3v) is 4.46. The summed E-state index contributed by atoms with van der Waals surface area (Å²) in [5.74, 6) is 0.0573. The maximum absolute atomic E-state index is 13.8. The molecular formula is C17H22F4IN5. The molecule has 1 aliphatic rings.